The summed E-state index contributed by atoms with van der Waals surface area (Å²) in [4.78, 5) is 9.63. The second-order valence-electron chi connectivity index (χ2n) is 1.71. The summed E-state index contributed by atoms with van der Waals surface area (Å²) in [6, 6.07) is 6.07. The van der Waals surface area contributed by atoms with Gasteiger partial charge in [-0.2, -0.15) is 0 Å². The van der Waals surface area contributed by atoms with Crippen molar-refractivity contribution in [2.75, 3.05) is 0 Å². The monoisotopic (exact) mass is 180 g/mol. The molecule has 0 bridgehead atoms. The van der Waals surface area contributed by atoms with E-state index in [1.165, 1.54) is 12.1 Å². The molecule has 5 heteroatoms. The molecule has 0 N–H and O–H groups in total. The predicted octanol–water partition coefficient (Wildman–Crippen LogP) is -0.748. The van der Waals surface area contributed by atoms with Gasteiger partial charge in [0.2, 0.25) is 0 Å². The summed E-state index contributed by atoms with van der Waals surface area (Å²) in [6.45, 7) is 0. The van der Waals surface area contributed by atoms with E-state index >= 15 is 0 Å². The molecular formula is C6H4ClNNaO2+. The number of hydrogen-bond donors (Lipinski definition) is 0. The molecular weight excluding hydrogens is 177 g/mol. The summed E-state index contributed by atoms with van der Waals surface area (Å²) < 4.78 is 0. The molecule has 0 fully saturated rings. The predicted molar refractivity (Wildman–Crippen MR) is 38.1 cm³/mol. The van der Waals surface area contributed by atoms with E-state index in [-0.39, 0.29) is 40.3 Å². The summed E-state index contributed by atoms with van der Waals surface area (Å²) in [7, 11) is 0. The van der Waals surface area contributed by atoms with Crippen molar-refractivity contribution < 1.29 is 34.5 Å². The fourth-order valence-electron chi connectivity index (χ4n) is 0.600. The number of nitro groups is 1. The molecule has 1 aromatic carbocycles. The zero-order valence-electron chi connectivity index (χ0n) is 5.95. The molecule has 0 aromatic heterocycles. The third-order valence-electron chi connectivity index (χ3n) is 1.05. The van der Waals surface area contributed by atoms with Crippen molar-refractivity contribution in [1.82, 2.24) is 0 Å². The number of para-hydroxylation sites is 1. The molecule has 0 saturated heterocycles. The maximum absolute atomic E-state index is 10.1. The molecule has 0 atom stereocenters. The van der Waals surface area contributed by atoms with E-state index in [1.807, 2.05) is 0 Å². The molecule has 3 nitrogen and oxygen atoms in total. The zero-order valence-corrected chi connectivity index (χ0v) is 8.71. The first-order valence-electron chi connectivity index (χ1n) is 2.61. The van der Waals surface area contributed by atoms with Crippen LogP contribution in [0.1, 0.15) is 0 Å². The van der Waals surface area contributed by atoms with Crippen molar-refractivity contribution in [1.29, 1.82) is 0 Å². The van der Waals surface area contributed by atoms with Crippen LogP contribution < -0.4 is 29.6 Å². The van der Waals surface area contributed by atoms with Gasteiger partial charge in [-0.15, -0.1) is 0 Å². The van der Waals surface area contributed by atoms with Gasteiger partial charge in [0.05, 0.1) is 4.92 Å². The smallest absolute Gasteiger partial charge is 0.258 e. The van der Waals surface area contributed by atoms with Crippen molar-refractivity contribution in [2.24, 2.45) is 0 Å². The fraction of sp³-hybridized carbons (Fsp3) is 0. The minimum atomic E-state index is -0.512. The van der Waals surface area contributed by atoms with E-state index in [2.05, 4.69) is 0 Å². The van der Waals surface area contributed by atoms with Crippen molar-refractivity contribution in [3.05, 3.63) is 39.4 Å². The Labute approximate surface area is 90.8 Å². The fourth-order valence-corrected chi connectivity index (χ4v) is 0.805. The normalized spacial score (nSPS) is 8.45. The van der Waals surface area contributed by atoms with E-state index in [0.717, 1.165) is 0 Å². The van der Waals surface area contributed by atoms with Crippen molar-refractivity contribution in [3.8, 4) is 0 Å². The van der Waals surface area contributed by atoms with Crippen LogP contribution in [0.5, 0.6) is 0 Å². The average Bonchev–Trinajstić information content (AvgIpc) is 1.88. The first-order valence-corrected chi connectivity index (χ1v) is 2.98. The van der Waals surface area contributed by atoms with Crippen LogP contribution in [0.15, 0.2) is 24.3 Å². The standard InChI is InChI=1S/C6H4ClNO2.Na/c7-5-3-1-2-4-6(5)8(9)10;/h1-4H;/q;+1. The number of rotatable bonds is 1. The summed E-state index contributed by atoms with van der Waals surface area (Å²) in [5, 5.41) is 10.3. The van der Waals surface area contributed by atoms with Crippen LogP contribution >= 0.6 is 11.6 Å². The maximum atomic E-state index is 10.1. The van der Waals surface area contributed by atoms with Gasteiger partial charge < -0.3 is 0 Å². The molecule has 0 amide bonds. The Balaban J connectivity index is 0.000001000. The molecule has 11 heavy (non-hydrogen) atoms. The third kappa shape index (κ3) is 2.79. The van der Waals surface area contributed by atoms with Crippen LogP contribution in [0.2, 0.25) is 5.02 Å². The molecule has 0 saturated carbocycles. The maximum Gasteiger partial charge on any atom is 1.00 e. The largest absolute Gasteiger partial charge is 1.00 e. The Morgan fingerprint density at radius 3 is 2.27 bits per heavy atom. The van der Waals surface area contributed by atoms with Gasteiger partial charge in [0.1, 0.15) is 5.02 Å². The van der Waals surface area contributed by atoms with Gasteiger partial charge >= 0.3 is 29.6 Å². The molecule has 0 aliphatic carbocycles. The topological polar surface area (TPSA) is 43.1 Å². The Kier molecular flexibility index (Phi) is 4.68. The van der Waals surface area contributed by atoms with E-state index in [9.17, 15) is 10.1 Å². The van der Waals surface area contributed by atoms with Crippen LogP contribution in [0.3, 0.4) is 0 Å². The Morgan fingerprint density at radius 1 is 1.36 bits per heavy atom. The van der Waals surface area contributed by atoms with E-state index in [1.54, 1.807) is 12.1 Å². The third-order valence-corrected chi connectivity index (χ3v) is 1.37. The summed E-state index contributed by atoms with van der Waals surface area (Å²) in [6.07, 6.45) is 0. The average molecular weight is 181 g/mol. The SMILES string of the molecule is O=[N+]([O-])c1ccccc1Cl.[Na+]. The Bertz CT molecular complexity index is 267. The van der Waals surface area contributed by atoms with Crippen LogP contribution in [0, 0.1) is 10.1 Å². The quantitative estimate of drug-likeness (QED) is 0.324. The molecule has 0 aliphatic heterocycles. The van der Waals surface area contributed by atoms with Crippen LogP contribution in [-0.2, 0) is 0 Å². The molecule has 52 valence electrons. The van der Waals surface area contributed by atoms with Crippen LogP contribution in [0.4, 0.5) is 5.69 Å². The number of nitro benzene ring substituents is 1. The van der Waals surface area contributed by atoms with Gasteiger partial charge in [-0.25, -0.2) is 0 Å². The Morgan fingerprint density at radius 2 is 1.91 bits per heavy atom. The number of benzene rings is 1. The first kappa shape index (κ1) is 10.9. The van der Waals surface area contributed by atoms with Crippen molar-refractivity contribution in [3.63, 3.8) is 0 Å². The van der Waals surface area contributed by atoms with Gasteiger partial charge in [0, 0.05) is 6.07 Å². The molecule has 0 spiro atoms. The number of halogens is 1. The van der Waals surface area contributed by atoms with Gasteiger partial charge in [-0.1, -0.05) is 23.7 Å². The minimum Gasteiger partial charge on any atom is -0.258 e. The van der Waals surface area contributed by atoms with Crippen LogP contribution in [-0.4, -0.2) is 4.92 Å². The number of hydrogen-bond acceptors (Lipinski definition) is 2. The molecule has 0 heterocycles. The molecule has 1 aromatic rings. The molecule has 0 radical (unpaired) electrons. The Hall–Kier alpha value is -0.0900. The van der Waals surface area contributed by atoms with Crippen molar-refractivity contribution in [2.45, 2.75) is 0 Å². The van der Waals surface area contributed by atoms with Gasteiger partial charge in [-0.3, -0.25) is 10.1 Å². The molecule has 0 unspecified atom stereocenters. The van der Waals surface area contributed by atoms with Gasteiger partial charge in [0.25, 0.3) is 5.69 Å². The van der Waals surface area contributed by atoms with E-state index in [0.29, 0.717) is 0 Å². The first-order chi connectivity index (χ1) is 4.72. The zero-order chi connectivity index (χ0) is 7.56. The summed E-state index contributed by atoms with van der Waals surface area (Å²) in [5.41, 5.74) is -0.0517. The van der Waals surface area contributed by atoms with Gasteiger partial charge in [0.15, 0.2) is 0 Å². The van der Waals surface area contributed by atoms with Crippen molar-refractivity contribution >= 4 is 17.3 Å². The van der Waals surface area contributed by atoms with E-state index < -0.39 is 4.92 Å². The molecule has 1 rings (SSSR count). The molecule has 0 aliphatic rings. The second kappa shape index (κ2) is 4.72. The van der Waals surface area contributed by atoms with Gasteiger partial charge in [-0.05, 0) is 6.07 Å². The summed E-state index contributed by atoms with van der Waals surface area (Å²) in [5.74, 6) is 0. The minimum absolute atomic E-state index is 0. The van der Waals surface area contributed by atoms with E-state index in [4.69, 9.17) is 11.6 Å². The summed E-state index contributed by atoms with van der Waals surface area (Å²) >= 11 is 5.48. The number of nitrogens with zero attached hydrogens (tertiary/aromatic N) is 1. The van der Waals surface area contributed by atoms with Crippen LogP contribution in [0.25, 0.3) is 0 Å². The second-order valence-corrected chi connectivity index (χ2v) is 2.12.